The molecule has 102 valence electrons. The van der Waals surface area contributed by atoms with Crippen LogP contribution in [0, 0.1) is 6.92 Å². The Morgan fingerprint density at radius 2 is 2.20 bits per heavy atom. The van der Waals surface area contributed by atoms with Crippen molar-refractivity contribution in [2.24, 2.45) is 0 Å². The summed E-state index contributed by atoms with van der Waals surface area (Å²) in [6.45, 7) is 2.41. The lowest BCUT2D eigenvalue weighted by Crippen LogP contribution is -2.24. The molecule has 3 rings (SSSR count). The van der Waals surface area contributed by atoms with E-state index in [4.69, 9.17) is 4.74 Å². The lowest BCUT2D eigenvalue weighted by Gasteiger charge is -2.08. The molecule has 0 saturated heterocycles. The van der Waals surface area contributed by atoms with E-state index in [0.717, 1.165) is 17.7 Å². The molecule has 2 aromatic rings. The van der Waals surface area contributed by atoms with E-state index in [2.05, 4.69) is 10.3 Å². The summed E-state index contributed by atoms with van der Waals surface area (Å²) in [5.41, 5.74) is 2.15. The number of pyridine rings is 1. The van der Waals surface area contributed by atoms with Crippen molar-refractivity contribution in [2.45, 2.75) is 13.3 Å². The zero-order valence-corrected chi connectivity index (χ0v) is 11.0. The normalized spacial score (nSPS) is 12.7. The van der Waals surface area contributed by atoms with E-state index in [-0.39, 0.29) is 11.1 Å². The van der Waals surface area contributed by atoms with Crippen LogP contribution in [0.2, 0.25) is 0 Å². The van der Waals surface area contributed by atoms with Crippen molar-refractivity contribution in [1.29, 1.82) is 0 Å². The van der Waals surface area contributed by atoms with Crippen molar-refractivity contribution in [3.63, 3.8) is 0 Å². The number of nitrogens with one attached hydrogen (secondary N) is 2. The Bertz CT molecular complexity index is 734. The minimum Gasteiger partial charge on any atom is -0.493 e. The fourth-order valence-electron chi connectivity index (χ4n) is 2.32. The Labute approximate surface area is 115 Å². The van der Waals surface area contributed by atoms with Gasteiger partial charge >= 0.3 is 0 Å². The van der Waals surface area contributed by atoms with Gasteiger partial charge in [0.2, 0.25) is 0 Å². The van der Waals surface area contributed by atoms with Gasteiger partial charge in [0.15, 0.2) is 0 Å². The number of H-pyrrole nitrogens is 1. The second-order valence-corrected chi connectivity index (χ2v) is 4.74. The van der Waals surface area contributed by atoms with Gasteiger partial charge in [-0.15, -0.1) is 0 Å². The number of benzene rings is 1. The molecule has 0 spiro atoms. The van der Waals surface area contributed by atoms with Crippen LogP contribution in [0.5, 0.6) is 5.75 Å². The minimum absolute atomic E-state index is 0.143. The fraction of sp³-hybridized carbons (Fsp3) is 0.200. The third-order valence-electron chi connectivity index (χ3n) is 3.34. The zero-order valence-electron chi connectivity index (χ0n) is 11.0. The molecule has 2 N–H and O–H groups in total. The smallest absolute Gasteiger partial charge is 0.261 e. The maximum Gasteiger partial charge on any atom is 0.261 e. The van der Waals surface area contributed by atoms with E-state index in [1.165, 1.54) is 6.20 Å². The molecule has 0 unspecified atom stereocenters. The molecule has 1 aliphatic heterocycles. The average molecular weight is 270 g/mol. The maximum atomic E-state index is 12.2. The SMILES string of the molecule is Cc1cc[nH]c(=O)c1C(=O)Nc1ccc2c(c1)CCO2. The Morgan fingerprint density at radius 3 is 3.00 bits per heavy atom. The van der Waals surface area contributed by atoms with Crippen molar-refractivity contribution >= 4 is 11.6 Å². The fourth-order valence-corrected chi connectivity index (χ4v) is 2.32. The first kappa shape index (κ1) is 12.5. The van der Waals surface area contributed by atoms with Gasteiger partial charge in [0.25, 0.3) is 11.5 Å². The number of aryl methyl sites for hydroxylation is 1. The van der Waals surface area contributed by atoms with Gasteiger partial charge in [0.05, 0.1) is 6.61 Å². The standard InChI is InChI=1S/C15H14N2O3/c1-9-4-6-16-14(18)13(9)15(19)17-11-2-3-12-10(8-11)5-7-20-12/h2-4,6,8H,5,7H2,1H3,(H,16,18)(H,17,19). The lowest BCUT2D eigenvalue weighted by molar-refractivity contribution is 0.102. The van der Waals surface area contributed by atoms with Gasteiger partial charge in [-0.1, -0.05) is 0 Å². The molecule has 0 fully saturated rings. The number of aromatic nitrogens is 1. The molecular weight excluding hydrogens is 256 g/mol. The van der Waals surface area contributed by atoms with Crippen molar-refractivity contribution in [3.05, 3.63) is 57.5 Å². The maximum absolute atomic E-state index is 12.2. The Morgan fingerprint density at radius 1 is 1.35 bits per heavy atom. The molecule has 0 radical (unpaired) electrons. The predicted molar refractivity (Wildman–Crippen MR) is 75.4 cm³/mol. The monoisotopic (exact) mass is 270 g/mol. The quantitative estimate of drug-likeness (QED) is 0.875. The highest BCUT2D eigenvalue weighted by molar-refractivity contribution is 6.05. The summed E-state index contributed by atoms with van der Waals surface area (Å²) in [4.78, 5) is 26.4. The van der Waals surface area contributed by atoms with Crippen molar-refractivity contribution < 1.29 is 9.53 Å². The van der Waals surface area contributed by atoms with Crippen LogP contribution in [0.3, 0.4) is 0 Å². The van der Waals surface area contributed by atoms with Crippen LogP contribution in [0.1, 0.15) is 21.5 Å². The third-order valence-corrected chi connectivity index (χ3v) is 3.34. The van der Waals surface area contributed by atoms with Crippen molar-refractivity contribution in [3.8, 4) is 5.75 Å². The van der Waals surface area contributed by atoms with Crippen LogP contribution in [-0.4, -0.2) is 17.5 Å². The van der Waals surface area contributed by atoms with Gasteiger partial charge in [-0.05, 0) is 42.3 Å². The summed E-state index contributed by atoms with van der Waals surface area (Å²) >= 11 is 0. The number of carbonyl (C=O) groups excluding carboxylic acids is 1. The van der Waals surface area contributed by atoms with Crippen LogP contribution in [0.4, 0.5) is 5.69 Å². The molecule has 1 amide bonds. The van der Waals surface area contributed by atoms with Crippen LogP contribution in [-0.2, 0) is 6.42 Å². The first-order chi connectivity index (χ1) is 9.65. The highest BCUT2D eigenvalue weighted by atomic mass is 16.5. The van der Waals surface area contributed by atoms with Crippen molar-refractivity contribution in [2.75, 3.05) is 11.9 Å². The van der Waals surface area contributed by atoms with E-state index in [9.17, 15) is 9.59 Å². The topological polar surface area (TPSA) is 71.2 Å². The van der Waals surface area contributed by atoms with E-state index in [1.807, 2.05) is 12.1 Å². The van der Waals surface area contributed by atoms with Gasteiger partial charge < -0.3 is 15.0 Å². The van der Waals surface area contributed by atoms with E-state index in [1.54, 1.807) is 19.1 Å². The highest BCUT2D eigenvalue weighted by Crippen LogP contribution is 2.27. The average Bonchev–Trinajstić information content (AvgIpc) is 2.85. The molecule has 0 aliphatic carbocycles. The Balaban J connectivity index is 1.88. The number of amides is 1. The summed E-state index contributed by atoms with van der Waals surface area (Å²) < 4.78 is 5.41. The van der Waals surface area contributed by atoms with E-state index < -0.39 is 5.91 Å². The number of anilines is 1. The second-order valence-electron chi connectivity index (χ2n) is 4.74. The molecule has 2 heterocycles. The Hall–Kier alpha value is -2.56. The predicted octanol–water partition coefficient (Wildman–Crippen LogP) is 1.87. The number of aromatic amines is 1. The van der Waals surface area contributed by atoms with Crippen LogP contribution < -0.4 is 15.6 Å². The zero-order chi connectivity index (χ0) is 14.1. The number of rotatable bonds is 2. The second kappa shape index (κ2) is 4.85. The third kappa shape index (κ3) is 2.18. The summed E-state index contributed by atoms with van der Waals surface area (Å²) in [5, 5.41) is 2.76. The molecular formula is C15H14N2O3. The van der Waals surface area contributed by atoms with Gasteiger partial charge in [0.1, 0.15) is 11.3 Å². The molecule has 1 aromatic carbocycles. The number of hydrogen-bond donors (Lipinski definition) is 2. The molecule has 1 aliphatic rings. The van der Waals surface area contributed by atoms with E-state index in [0.29, 0.717) is 17.9 Å². The molecule has 1 aromatic heterocycles. The summed E-state index contributed by atoms with van der Waals surface area (Å²) in [6, 6.07) is 7.19. The number of fused-ring (bicyclic) bond motifs is 1. The molecule has 20 heavy (non-hydrogen) atoms. The molecule has 5 heteroatoms. The lowest BCUT2D eigenvalue weighted by atomic mass is 10.1. The number of carbonyl (C=O) groups is 1. The molecule has 5 nitrogen and oxygen atoms in total. The molecule has 0 bridgehead atoms. The van der Waals surface area contributed by atoms with Crippen molar-refractivity contribution in [1.82, 2.24) is 4.98 Å². The van der Waals surface area contributed by atoms with Gasteiger partial charge in [-0.2, -0.15) is 0 Å². The van der Waals surface area contributed by atoms with Gasteiger partial charge in [-0.3, -0.25) is 9.59 Å². The number of hydrogen-bond acceptors (Lipinski definition) is 3. The van der Waals surface area contributed by atoms with Gasteiger partial charge in [-0.25, -0.2) is 0 Å². The van der Waals surface area contributed by atoms with E-state index >= 15 is 0 Å². The highest BCUT2D eigenvalue weighted by Gasteiger charge is 2.16. The largest absolute Gasteiger partial charge is 0.493 e. The Kier molecular flexibility index (Phi) is 3.02. The summed E-state index contributed by atoms with van der Waals surface area (Å²) in [7, 11) is 0. The molecule has 0 saturated carbocycles. The molecule has 0 atom stereocenters. The van der Waals surface area contributed by atoms with Crippen LogP contribution in [0.25, 0.3) is 0 Å². The number of ether oxygens (including phenoxy) is 1. The summed E-state index contributed by atoms with van der Waals surface area (Å²) in [6.07, 6.45) is 2.37. The minimum atomic E-state index is -0.400. The first-order valence-corrected chi connectivity index (χ1v) is 6.40. The van der Waals surface area contributed by atoms with Gasteiger partial charge in [0, 0.05) is 18.3 Å². The van der Waals surface area contributed by atoms with Crippen LogP contribution >= 0.6 is 0 Å². The summed E-state index contributed by atoms with van der Waals surface area (Å²) in [5.74, 6) is 0.458. The van der Waals surface area contributed by atoms with Crippen LogP contribution in [0.15, 0.2) is 35.3 Å². The first-order valence-electron chi connectivity index (χ1n) is 6.40.